The van der Waals surface area contributed by atoms with Gasteiger partial charge >= 0.3 is 5.97 Å². The van der Waals surface area contributed by atoms with Crippen LogP contribution < -0.4 is 0 Å². The van der Waals surface area contributed by atoms with Crippen molar-refractivity contribution in [1.82, 2.24) is 0 Å². The van der Waals surface area contributed by atoms with E-state index < -0.39 is 18.2 Å². The molecule has 0 heterocycles. The fourth-order valence-corrected chi connectivity index (χ4v) is 5.36. The van der Waals surface area contributed by atoms with Crippen LogP contribution in [0.5, 0.6) is 0 Å². The molecular weight excluding hydrogens is 328 g/mol. The van der Waals surface area contributed by atoms with E-state index in [2.05, 4.69) is 24.8 Å². The van der Waals surface area contributed by atoms with Gasteiger partial charge in [-0.3, -0.25) is 4.79 Å². The number of rotatable bonds is 4. The normalized spacial score (nSPS) is 37.2. The minimum absolute atomic E-state index is 0.0707. The van der Waals surface area contributed by atoms with E-state index in [1.54, 1.807) is 0 Å². The number of allylic oxidation sites excluding steroid dienone is 2. The van der Waals surface area contributed by atoms with Crippen LogP contribution in [0, 0.1) is 41.4 Å². The smallest absolute Gasteiger partial charge is 0.303 e. The lowest BCUT2D eigenvalue weighted by molar-refractivity contribution is -0.136. The quantitative estimate of drug-likeness (QED) is 0.530. The van der Waals surface area contributed by atoms with Crippen LogP contribution in [-0.2, 0) is 4.79 Å². The molecule has 0 spiro atoms. The van der Waals surface area contributed by atoms with Crippen LogP contribution >= 0.6 is 0 Å². The Labute approximate surface area is 156 Å². The lowest BCUT2D eigenvalue weighted by atomic mass is 9.51. The second-order valence-corrected chi connectivity index (χ2v) is 8.41. The van der Waals surface area contributed by atoms with Gasteiger partial charge in [-0.05, 0) is 55.8 Å². The Morgan fingerprint density at radius 2 is 1.96 bits per heavy atom. The van der Waals surface area contributed by atoms with E-state index in [1.165, 1.54) is 24.8 Å². The minimum atomic E-state index is -0.759. The van der Waals surface area contributed by atoms with E-state index in [9.17, 15) is 15.0 Å². The highest BCUT2D eigenvalue weighted by Crippen LogP contribution is 2.55. The number of carboxylic acid groups (broad SMARTS) is 1. The molecule has 0 bridgehead atoms. The van der Waals surface area contributed by atoms with Crippen LogP contribution in [0.1, 0.15) is 64.7 Å². The summed E-state index contributed by atoms with van der Waals surface area (Å²) in [5.41, 5.74) is 1.35. The number of hydrogen-bond donors (Lipinski definition) is 3. The summed E-state index contributed by atoms with van der Waals surface area (Å²) in [6.07, 6.45) is 9.31. The van der Waals surface area contributed by atoms with Crippen molar-refractivity contribution in [3.05, 3.63) is 11.6 Å². The fourth-order valence-electron chi connectivity index (χ4n) is 5.36. The summed E-state index contributed by atoms with van der Waals surface area (Å²) >= 11 is 0. The van der Waals surface area contributed by atoms with Crippen LogP contribution in [0.15, 0.2) is 11.6 Å². The summed E-state index contributed by atoms with van der Waals surface area (Å²) in [5.74, 6) is 6.89. The third-order valence-electron chi connectivity index (χ3n) is 6.83. The van der Waals surface area contributed by atoms with Crippen LogP contribution in [0.3, 0.4) is 0 Å². The fraction of sp³-hybridized carbons (Fsp3) is 0.773. The molecule has 3 fully saturated rings. The van der Waals surface area contributed by atoms with E-state index in [-0.39, 0.29) is 18.3 Å². The Bertz CT molecular complexity index is 593. The van der Waals surface area contributed by atoms with Crippen molar-refractivity contribution in [3.63, 3.8) is 0 Å². The number of aliphatic hydroxyl groups is 2. The van der Waals surface area contributed by atoms with E-state index in [0.29, 0.717) is 24.2 Å². The summed E-state index contributed by atoms with van der Waals surface area (Å²) in [6.45, 7) is 2.16. The average Bonchev–Trinajstić information content (AvgIpc) is 2.64. The maximum atomic E-state index is 10.7. The van der Waals surface area contributed by atoms with Gasteiger partial charge in [0.2, 0.25) is 0 Å². The third-order valence-corrected chi connectivity index (χ3v) is 6.83. The predicted molar refractivity (Wildman–Crippen MR) is 100 cm³/mol. The lowest BCUT2D eigenvalue weighted by Gasteiger charge is -2.53. The molecule has 0 aromatic heterocycles. The molecule has 0 aromatic carbocycles. The monoisotopic (exact) mass is 360 g/mol. The first-order valence-electron chi connectivity index (χ1n) is 10.3. The Morgan fingerprint density at radius 3 is 2.65 bits per heavy atom. The number of aliphatic hydroxyl groups excluding tert-OH is 2. The van der Waals surface area contributed by atoms with Crippen LogP contribution in [-0.4, -0.2) is 33.5 Å². The molecule has 2 unspecified atom stereocenters. The van der Waals surface area contributed by atoms with E-state index in [0.717, 1.165) is 25.7 Å². The molecular formula is C22H32O4. The van der Waals surface area contributed by atoms with Crippen molar-refractivity contribution in [3.8, 4) is 11.8 Å². The maximum absolute atomic E-state index is 10.7. The SMILES string of the molecule is CC1C(=CCCC(=O)O)[C@@H]2CC[C@H](O)[C@@H](C#CC(O)C3CCCCC3)[C@H]12. The Balaban J connectivity index is 1.65. The number of carboxylic acids is 1. The Hall–Kier alpha value is -1.31. The van der Waals surface area contributed by atoms with Crippen molar-refractivity contribution < 1.29 is 20.1 Å². The number of aliphatic carboxylic acids is 1. The molecule has 0 amide bonds. The van der Waals surface area contributed by atoms with Crippen LogP contribution in [0.2, 0.25) is 0 Å². The van der Waals surface area contributed by atoms with Crippen molar-refractivity contribution in [1.29, 1.82) is 0 Å². The number of hydrogen-bond acceptors (Lipinski definition) is 3. The summed E-state index contributed by atoms with van der Waals surface area (Å²) in [4.78, 5) is 10.7. The van der Waals surface area contributed by atoms with Gasteiger partial charge in [0.05, 0.1) is 12.0 Å². The molecule has 144 valence electrons. The van der Waals surface area contributed by atoms with Crippen LogP contribution in [0.25, 0.3) is 0 Å². The predicted octanol–water partition coefficient (Wildman–Crippen LogP) is 3.38. The molecule has 0 aromatic rings. The average molecular weight is 360 g/mol. The van der Waals surface area contributed by atoms with E-state index in [1.807, 2.05) is 0 Å². The summed E-state index contributed by atoms with van der Waals surface area (Å²) in [5, 5.41) is 29.7. The van der Waals surface area contributed by atoms with Gasteiger partial charge in [-0.15, -0.1) is 0 Å². The van der Waals surface area contributed by atoms with Gasteiger partial charge in [-0.1, -0.05) is 49.7 Å². The molecule has 3 saturated carbocycles. The molecule has 6 atom stereocenters. The summed E-state index contributed by atoms with van der Waals surface area (Å²) < 4.78 is 0. The highest BCUT2D eigenvalue weighted by atomic mass is 16.4. The molecule has 26 heavy (non-hydrogen) atoms. The molecule has 4 heteroatoms. The summed E-state index contributed by atoms with van der Waals surface area (Å²) in [7, 11) is 0. The van der Waals surface area contributed by atoms with Crippen molar-refractivity contribution in [2.75, 3.05) is 0 Å². The van der Waals surface area contributed by atoms with Crippen molar-refractivity contribution >= 4 is 5.97 Å². The molecule has 0 saturated heterocycles. The minimum Gasteiger partial charge on any atom is -0.481 e. The molecule has 3 N–H and O–H groups in total. The number of carbonyl (C=O) groups is 1. The first-order chi connectivity index (χ1) is 12.5. The largest absolute Gasteiger partial charge is 0.481 e. The summed E-state index contributed by atoms with van der Waals surface area (Å²) in [6, 6.07) is 0. The highest BCUT2D eigenvalue weighted by molar-refractivity contribution is 5.66. The maximum Gasteiger partial charge on any atom is 0.303 e. The first-order valence-corrected chi connectivity index (χ1v) is 10.3. The molecule has 3 aliphatic carbocycles. The first kappa shape index (κ1) is 19.5. The van der Waals surface area contributed by atoms with Crippen LogP contribution in [0.4, 0.5) is 0 Å². The zero-order valence-electron chi connectivity index (χ0n) is 15.7. The topological polar surface area (TPSA) is 77.8 Å². The third kappa shape index (κ3) is 4.15. The van der Waals surface area contributed by atoms with Gasteiger partial charge in [-0.2, -0.15) is 0 Å². The van der Waals surface area contributed by atoms with Gasteiger partial charge in [0.15, 0.2) is 0 Å². The Kier molecular flexibility index (Phi) is 6.42. The van der Waals surface area contributed by atoms with E-state index >= 15 is 0 Å². The number of fused-ring (bicyclic) bond motifs is 1. The zero-order valence-corrected chi connectivity index (χ0v) is 15.7. The molecule has 0 radical (unpaired) electrons. The molecule has 4 nitrogen and oxygen atoms in total. The van der Waals surface area contributed by atoms with Gasteiger partial charge in [-0.25, -0.2) is 0 Å². The standard InChI is InChI=1S/C22H32O4/c1-14-16(8-5-9-21(25)26)17-10-13-20(24)18(22(14)17)11-12-19(23)15-6-3-2-4-7-15/h8,14-15,17-20,22-24H,2-7,9-10,13H2,1H3,(H,25,26)/t14?,17-,18+,19?,20-,22+/m0/s1. The van der Waals surface area contributed by atoms with Crippen molar-refractivity contribution in [2.24, 2.45) is 29.6 Å². The molecule has 3 aliphatic rings. The van der Waals surface area contributed by atoms with Crippen molar-refractivity contribution in [2.45, 2.75) is 76.9 Å². The zero-order chi connectivity index (χ0) is 18.7. The van der Waals surface area contributed by atoms with Gasteiger partial charge in [0.25, 0.3) is 0 Å². The second kappa shape index (κ2) is 8.59. The highest BCUT2D eigenvalue weighted by Gasteiger charge is 2.51. The Morgan fingerprint density at radius 1 is 1.23 bits per heavy atom. The van der Waals surface area contributed by atoms with Gasteiger partial charge < -0.3 is 15.3 Å². The lowest BCUT2D eigenvalue weighted by Crippen LogP contribution is -2.50. The van der Waals surface area contributed by atoms with E-state index in [4.69, 9.17) is 5.11 Å². The molecule has 0 aliphatic heterocycles. The van der Waals surface area contributed by atoms with Gasteiger partial charge in [0, 0.05) is 6.42 Å². The molecule has 3 rings (SSSR count). The second-order valence-electron chi connectivity index (χ2n) is 8.41. The van der Waals surface area contributed by atoms with Gasteiger partial charge in [0.1, 0.15) is 6.10 Å².